The Balaban J connectivity index is 2.19. The highest BCUT2D eigenvalue weighted by molar-refractivity contribution is 7.10. The minimum atomic E-state index is -0.887. The SMILES string of the molecule is CC(C(=O)O)c1cccc(NC(=O)C(C)(C)c2cccs2)c1. The Labute approximate surface area is 133 Å². The minimum absolute atomic E-state index is 0.116. The van der Waals surface area contributed by atoms with E-state index in [0.29, 0.717) is 11.3 Å². The Morgan fingerprint density at radius 1 is 1.23 bits per heavy atom. The summed E-state index contributed by atoms with van der Waals surface area (Å²) in [6.07, 6.45) is 0. The Bertz CT molecular complexity index is 677. The van der Waals surface area contributed by atoms with Crippen LogP contribution in [0.3, 0.4) is 0 Å². The lowest BCUT2D eigenvalue weighted by Crippen LogP contribution is -2.34. The van der Waals surface area contributed by atoms with E-state index in [9.17, 15) is 9.59 Å². The van der Waals surface area contributed by atoms with E-state index in [1.54, 1.807) is 42.5 Å². The molecule has 1 atom stereocenters. The Kier molecular flexibility index (Phi) is 4.66. The third kappa shape index (κ3) is 3.36. The van der Waals surface area contributed by atoms with E-state index in [4.69, 9.17) is 5.11 Å². The van der Waals surface area contributed by atoms with Gasteiger partial charge in [0.25, 0.3) is 0 Å². The number of carboxylic acids is 1. The molecular formula is C17H19NO3S. The number of anilines is 1. The van der Waals surface area contributed by atoms with Gasteiger partial charge in [-0.1, -0.05) is 18.2 Å². The molecule has 0 aliphatic rings. The van der Waals surface area contributed by atoms with Crippen molar-refractivity contribution in [3.63, 3.8) is 0 Å². The van der Waals surface area contributed by atoms with Gasteiger partial charge in [-0.05, 0) is 49.9 Å². The number of carbonyl (C=O) groups is 2. The number of thiophene rings is 1. The lowest BCUT2D eigenvalue weighted by atomic mass is 9.90. The summed E-state index contributed by atoms with van der Waals surface area (Å²) in [5.41, 5.74) is 0.641. The number of carboxylic acid groups (broad SMARTS) is 1. The molecule has 0 radical (unpaired) electrons. The quantitative estimate of drug-likeness (QED) is 0.880. The zero-order chi connectivity index (χ0) is 16.3. The molecule has 2 aromatic rings. The van der Waals surface area contributed by atoms with Gasteiger partial charge in [0.1, 0.15) is 0 Å². The van der Waals surface area contributed by atoms with Crippen LogP contribution in [0.5, 0.6) is 0 Å². The first-order chi connectivity index (χ1) is 10.3. The summed E-state index contributed by atoms with van der Waals surface area (Å²) >= 11 is 1.54. The molecule has 2 N–H and O–H groups in total. The smallest absolute Gasteiger partial charge is 0.310 e. The van der Waals surface area contributed by atoms with Crippen molar-refractivity contribution < 1.29 is 14.7 Å². The second kappa shape index (κ2) is 6.32. The van der Waals surface area contributed by atoms with Crippen LogP contribution in [0.4, 0.5) is 5.69 Å². The van der Waals surface area contributed by atoms with Crippen LogP contribution in [0.1, 0.15) is 37.1 Å². The molecule has 1 aromatic carbocycles. The van der Waals surface area contributed by atoms with Crippen molar-refractivity contribution in [1.82, 2.24) is 0 Å². The van der Waals surface area contributed by atoms with Gasteiger partial charge in [0.2, 0.25) is 5.91 Å². The van der Waals surface area contributed by atoms with Gasteiger partial charge in [-0.25, -0.2) is 0 Å². The van der Waals surface area contributed by atoms with Crippen LogP contribution in [0, 0.1) is 0 Å². The summed E-state index contributed by atoms with van der Waals surface area (Å²) < 4.78 is 0. The average Bonchev–Trinajstić information content (AvgIpc) is 3.01. The molecule has 0 aliphatic heterocycles. The van der Waals surface area contributed by atoms with Crippen LogP contribution in [0.2, 0.25) is 0 Å². The molecule has 1 aromatic heterocycles. The first-order valence-corrected chi connectivity index (χ1v) is 7.88. The molecule has 5 heteroatoms. The summed E-state index contributed by atoms with van der Waals surface area (Å²) in [4.78, 5) is 24.6. The maximum absolute atomic E-state index is 12.5. The molecule has 0 aliphatic carbocycles. The highest BCUT2D eigenvalue weighted by atomic mass is 32.1. The predicted octanol–water partition coefficient (Wildman–Crippen LogP) is 3.85. The molecule has 2 rings (SSSR count). The maximum Gasteiger partial charge on any atom is 0.310 e. The van der Waals surface area contributed by atoms with E-state index in [0.717, 1.165) is 4.88 Å². The Morgan fingerprint density at radius 3 is 2.55 bits per heavy atom. The van der Waals surface area contributed by atoms with Crippen LogP contribution in [0.15, 0.2) is 41.8 Å². The number of hydrogen-bond acceptors (Lipinski definition) is 3. The molecule has 4 nitrogen and oxygen atoms in total. The van der Waals surface area contributed by atoms with Crippen molar-refractivity contribution in [3.8, 4) is 0 Å². The van der Waals surface area contributed by atoms with Gasteiger partial charge >= 0.3 is 5.97 Å². The predicted molar refractivity (Wildman–Crippen MR) is 88.5 cm³/mol. The molecule has 116 valence electrons. The van der Waals surface area contributed by atoms with Gasteiger partial charge in [-0.3, -0.25) is 9.59 Å². The molecular weight excluding hydrogens is 298 g/mol. The Hall–Kier alpha value is -2.14. The summed E-state index contributed by atoms with van der Waals surface area (Å²) in [7, 11) is 0. The Morgan fingerprint density at radius 2 is 1.95 bits per heavy atom. The first-order valence-electron chi connectivity index (χ1n) is 7.00. The highest BCUT2D eigenvalue weighted by Gasteiger charge is 2.30. The third-order valence-electron chi connectivity index (χ3n) is 3.72. The van der Waals surface area contributed by atoms with Crippen molar-refractivity contribution in [2.45, 2.75) is 32.1 Å². The summed E-state index contributed by atoms with van der Waals surface area (Å²) in [6, 6.07) is 10.8. The summed E-state index contributed by atoms with van der Waals surface area (Å²) in [6.45, 7) is 5.37. The molecule has 1 amide bonds. The fourth-order valence-electron chi connectivity index (χ4n) is 2.06. The van der Waals surface area contributed by atoms with Crippen molar-refractivity contribution in [1.29, 1.82) is 0 Å². The number of amides is 1. The number of rotatable bonds is 5. The third-order valence-corrected chi connectivity index (χ3v) is 4.91. The van der Waals surface area contributed by atoms with Gasteiger partial charge in [-0.2, -0.15) is 0 Å². The van der Waals surface area contributed by atoms with Crippen LogP contribution >= 0.6 is 11.3 Å². The molecule has 0 saturated carbocycles. The van der Waals surface area contributed by atoms with Crippen LogP contribution in [-0.4, -0.2) is 17.0 Å². The minimum Gasteiger partial charge on any atom is -0.481 e. The fourth-order valence-corrected chi connectivity index (χ4v) is 2.91. The number of hydrogen-bond donors (Lipinski definition) is 2. The standard InChI is InChI=1S/C17H19NO3S/c1-11(15(19)20)12-6-4-7-13(10-12)18-16(21)17(2,3)14-8-5-9-22-14/h4-11H,1-3H3,(H,18,21)(H,19,20). The fraction of sp³-hybridized carbons (Fsp3) is 0.294. The van der Waals surface area contributed by atoms with E-state index < -0.39 is 17.3 Å². The van der Waals surface area contributed by atoms with Crippen molar-refractivity contribution in [2.24, 2.45) is 0 Å². The lowest BCUT2D eigenvalue weighted by molar-refractivity contribution is -0.138. The lowest BCUT2D eigenvalue weighted by Gasteiger charge is -2.22. The molecule has 0 bridgehead atoms. The molecule has 0 fully saturated rings. The monoisotopic (exact) mass is 317 g/mol. The molecule has 0 spiro atoms. The van der Waals surface area contributed by atoms with Crippen LogP contribution in [0.25, 0.3) is 0 Å². The van der Waals surface area contributed by atoms with Crippen LogP contribution in [-0.2, 0) is 15.0 Å². The van der Waals surface area contributed by atoms with Crippen LogP contribution < -0.4 is 5.32 Å². The number of aliphatic carboxylic acids is 1. The van der Waals surface area contributed by atoms with Crippen molar-refractivity contribution in [3.05, 3.63) is 52.2 Å². The first kappa shape index (κ1) is 16.2. The maximum atomic E-state index is 12.5. The van der Waals surface area contributed by atoms with Gasteiger partial charge in [0, 0.05) is 10.6 Å². The largest absolute Gasteiger partial charge is 0.481 e. The van der Waals surface area contributed by atoms with E-state index in [1.165, 1.54) is 0 Å². The zero-order valence-corrected chi connectivity index (χ0v) is 13.6. The molecule has 0 saturated heterocycles. The van der Waals surface area contributed by atoms with E-state index in [2.05, 4.69) is 5.32 Å². The number of nitrogens with one attached hydrogen (secondary N) is 1. The normalized spacial score (nSPS) is 12.7. The second-order valence-corrected chi connectivity index (χ2v) is 6.69. The number of benzene rings is 1. The molecule has 22 heavy (non-hydrogen) atoms. The van der Waals surface area contributed by atoms with Gasteiger partial charge in [-0.15, -0.1) is 11.3 Å². The van der Waals surface area contributed by atoms with Gasteiger partial charge < -0.3 is 10.4 Å². The van der Waals surface area contributed by atoms with Gasteiger partial charge in [0.05, 0.1) is 11.3 Å². The van der Waals surface area contributed by atoms with Crippen molar-refractivity contribution in [2.75, 3.05) is 5.32 Å². The van der Waals surface area contributed by atoms with E-state index >= 15 is 0 Å². The summed E-state index contributed by atoms with van der Waals surface area (Å²) in [5.74, 6) is -1.61. The summed E-state index contributed by atoms with van der Waals surface area (Å²) in [5, 5.41) is 13.9. The molecule has 1 heterocycles. The average molecular weight is 317 g/mol. The second-order valence-electron chi connectivity index (χ2n) is 5.74. The molecule has 1 unspecified atom stereocenters. The zero-order valence-electron chi connectivity index (χ0n) is 12.8. The van der Waals surface area contributed by atoms with Crippen molar-refractivity contribution >= 4 is 28.9 Å². The number of carbonyl (C=O) groups excluding carboxylic acids is 1. The van der Waals surface area contributed by atoms with Gasteiger partial charge in [0.15, 0.2) is 0 Å². The highest BCUT2D eigenvalue weighted by Crippen LogP contribution is 2.29. The van der Waals surface area contributed by atoms with E-state index in [-0.39, 0.29) is 5.91 Å². The van der Waals surface area contributed by atoms with E-state index in [1.807, 2.05) is 31.4 Å². The topological polar surface area (TPSA) is 66.4 Å².